The summed E-state index contributed by atoms with van der Waals surface area (Å²) in [6.07, 6.45) is 0. The highest BCUT2D eigenvalue weighted by Crippen LogP contribution is 2.24. The van der Waals surface area contributed by atoms with E-state index in [0.29, 0.717) is 16.4 Å². The van der Waals surface area contributed by atoms with Crippen molar-refractivity contribution in [2.75, 3.05) is 5.32 Å². The Bertz CT molecular complexity index is 666. The van der Waals surface area contributed by atoms with Crippen molar-refractivity contribution in [1.29, 1.82) is 0 Å². The largest absolute Gasteiger partial charge is 0.322 e. The lowest BCUT2D eigenvalue weighted by atomic mass is 9.87. The average Bonchev–Trinajstić information content (AvgIpc) is 2.62. The van der Waals surface area contributed by atoms with Crippen molar-refractivity contribution < 1.29 is 4.79 Å². The van der Waals surface area contributed by atoms with Gasteiger partial charge in [-0.05, 0) is 30.0 Å². The number of hydrogen-bond donors (Lipinski definition) is 1. The molecular weight excluding hydrogens is 286 g/mol. The van der Waals surface area contributed by atoms with Crippen LogP contribution >= 0.6 is 11.6 Å². The molecule has 21 heavy (non-hydrogen) atoms. The van der Waals surface area contributed by atoms with Gasteiger partial charge in [0.15, 0.2) is 0 Å². The van der Waals surface area contributed by atoms with Crippen molar-refractivity contribution in [3.63, 3.8) is 0 Å². The molecule has 1 heterocycles. The van der Waals surface area contributed by atoms with Crippen LogP contribution in [-0.2, 0) is 12.5 Å². The molecule has 0 saturated heterocycles. The predicted molar refractivity (Wildman–Crippen MR) is 86.1 cm³/mol. The Labute approximate surface area is 130 Å². The summed E-state index contributed by atoms with van der Waals surface area (Å²) in [4.78, 5) is 12.3. The minimum absolute atomic E-state index is 0.0891. The van der Waals surface area contributed by atoms with Gasteiger partial charge in [-0.25, -0.2) is 0 Å². The highest BCUT2D eigenvalue weighted by Gasteiger charge is 2.19. The number of halogens is 1. The van der Waals surface area contributed by atoms with Crippen molar-refractivity contribution >= 4 is 23.2 Å². The summed E-state index contributed by atoms with van der Waals surface area (Å²) < 4.78 is 1.49. The number of nitrogens with one attached hydrogen (secondary N) is 1. The first kappa shape index (κ1) is 15.6. The van der Waals surface area contributed by atoms with E-state index in [0.717, 1.165) is 5.69 Å². The molecule has 0 aliphatic rings. The van der Waals surface area contributed by atoms with Crippen LogP contribution in [0.1, 0.15) is 42.4 Å². The Hall–Kier alpha value is -1.81. The van der Waals surface area contributed by atoms with Crippen molar-refractivity contribution in [1.82, 2.24) is 9.78 Å². The molecule has 1 aromatic carbocycles. The molecule has 1 amide bonds. The molecule has 5 heteroatoms. The van der Waals surface area contributed by atoms with Crippen LogP contribution in [0.2, 0.25) is 5.15 Å². The third-order valence-corrected chi connectivity index (χ3v) is 3.82. The second-order valence-corrected chi connectivity index (χ2v) is 6.51. The van der Waals surface area contributed by atoms with Crippen LogP contribution in [0, 0.1) is 6.92 Å². The normalized spacial score (nSPS) is 11.5. The molecule has 1 N–H and O–H groups in total. The molecule has 0 saturated carbocycles. The lowest BCUT2D eigenvalue weighted by Gasteiger charge is -2.19. The van der Waals surface area contributed by atoms with Gasteiger partial charge in [-0.1, -0.05) is 44.5 Å². The highest BCUT2D eigenvalue weighted by atomic mass is 35.5. The van der Waals surface area contributed by atoms with Crippen LogP contribution in [0.3, 0.4) is 0 Å². The van der Waals surface area contributed by atoms with E-state index in [1.165, 1.54) is 10.2 Å². The summed E-state index contributed by atoms with van der Waals surface area (Å²) in [7, 11) is 1.71. The van der Waals surface area contributed by atoms with Gasteiger partial charge in [0.05, 0.1) is 11.3 Å². The zero-order valence-corrected chi connectivity index (χ0v) is 13.7. The predicted octanol–water partition coefficient (Wildman–Crippen LogP) is 3.93. The monoisotopic (exact) mass is 305 g/mol. The van der Waals surface area contributed by atoms with Crippen molar-refractivity contribution in [3.8, 4) is 0 Å². The summed E-state index contributed by atoms with van der Waals surface area (Å²) in [6.45, 7) is 8.22. The molecule has 2 rings (SSSR count). The zero-order chi connectivity index (χ0) is 15.8. The van der Waals surface area contributed by atoms with Gasteiger partial charge >= 0.3 is 0 Å². The first-order chi connectivity index (χ1) is 9.70. The van der Waals surface area contributed by atoms with Gasteiger partial charge in [0.25, 0.3) is 5.91 Å². The fraction of sp³-hybridized carbons (Fsp3) is 0.375. The maximum absolute atomic E-state index is 12.3. The van der Waals surface area contributed by atoms with E-state index in [4.69, 9.17) is 11.6 Å². The maximum Gasteiger partial charge on any atom is 0.260 e. The number of anilines is 1. The highest BCUT2D eigenvalue weighted by molar-refractivity contribution is 6.33. The molecular formula is C16H20ClN3O. The Morgan fingerprint density at radius 1 is 1.24 bits per heavy atom. The molecule has 0 unspecified atom stereocenters. The van der Waals surface area contributed by atoms with Gasteiger partial charge in [0, 0.05) is 12.7 Å². The SMILES string of the molecule is Cc1nn(C)c(Cl)c1C(=O)Nc1ccc(C(C)(C)C)cc1. The van der Waals surface area contributed by atoms with E-state index in [9.17, 15) is 4.79 Å². The van der Waals surface area contributed by atoms with Gasteiger partial charge in [0.2, 0.25) is 0 Å². The number of benzene rings is 1. The quantitative estimate of drug-likeness (QED) is 0.913. The molecule has 1 aromatic heterocycles. The number of amides is 1. The first-order valence-corrected chi connectivity index (χ1v) is 7.19. The minimum atomic E-state index is -0.242. The summed E-state index contributed by atoms with van der Waals surface area (Å²) in [5.41, 5.74) is 3.08. The molecule has 0 spiro atoms. The smallest absolute Gasteiger partial charge is 0.260 e. The van der Waals surface area contributed by atoms with Gasteiger partial charge < -0.3 is 5.32 Å². The van der Waals surface area contributed by atoms with Crippen LogP contribution in [0.4, 0.5) is 5.69 Å². The molecule has 0 atom stereocenters. The fourth-order valence-electron chi connectivity index (χ4n) is 2.14. The zero-order valence-electron chi connectivity index (χ0n) is 13.0. The molecule has 2 aromatic rings. The Balaban J connectivity index is 2.20. The Morgan fingerprint density at radius 3 is 2.24 bits per heavy atom. The molecule has 0 bridgehead atoms. The summed E-state index contributed by atoms with van der Waals surface area (Å²) in [5.74, 6) is -0.242. The number of nitrogens with zero attached hydrogens (tertiary/aromatic N) is 2. The lowest BCUT2D eigenvalue weighted by molar-refractivity contribution is 0.102. The van der Waals surface area contributed by atoms with E-state index < -0.39 is 0 Å². The molecule has 0 radical (unpaired) electrons. The average molecular weight is 306 g/mol. The van der Waals surface area contributed by atoms with Crippen LogP contribution in [-0.4, -0.2) is 15.7 Å². The van der Waals surface area contributed by atoms with Gasteiger partial charge in [-0.2, -0.15) is 5.10 Å². The van der Waals surface area contributed by atoms with E-state index in [2.05, 4.69) is 31.2 Å². The van der Waals surface area contributed by atoms with Gasteiger partial charge in [-0.3, -0.25) is 9.48 Å². The Morgan fingerprint density at radius 2 is 1.81 bits per heavy atom. The second-order valence-electron chi connectivity index (χ2n) is 6.16. The van der Waals surface area contributed by atoms with E-state index in [1.54, 1.807) is 14.0 Å². The van der Waals surface area contributed by atoms with Gasteiger partial charge in [-0.15, -0.1) is 0 Å². The first-order valence-electron chi connectivity index (χ1n) is 6.81. The molecule has 112 valence electrons. The van der Waals surface area contributed by atoms with E-state index in [1.807, 2.05) is 24.3 Å². The molecule has 0 fully saturated rings. The number of carbonyl (C=O) groups is 1. The number of carbonyl (C=O) groups excluding carboxylic acids is 1. The van der Waals surface area contributed by atoms with Crippen molar-refractivity contribution in [2.45, 2.75) is 33.1 Å². The van der Waals surface area contributed by atoms with Crippen molar-refractivity contribution in [2.24, 2.45) is 7.05 Å². The van der Waals surface area contributed by atoms with Crippen LogP contribution in [0.15, 0.2) is 24.3 Å². The summed E-state index contributed by atoms with van der Waals surface area (Å²) >= 11 is 6.10. The number of aromatic nitrogens is 2. The Kier molecular flexibility index (Phi) is 4.10. The summed E-state index contributed by atoms with van der Waals surface area (Å²) in [5, 5.41) is 7.34. The van der Waals surface area contributed by atoms with E-state index >= 15 is 0 Å². The maximum atomic E-state index is 12.3. The standard InChI is InChI=1S/C16H20ClN3O/c1-10-13(14(17)20(5)19-10)15(21)18-12-8-6-11(7-9-12)16(2,3)4/h6-9H,1-5H3,(H,18,21). The third-order valence-electron chi connectivity index (χ3n) is 3.39. The fourth-order valence-corrected chi connectivity index (χ4v) is 2.40. The molecule has 0 aliphatic carbocycles. The number of rotatable bonds is 2. The molecule has 4 nitrogen and oxygen atoms in total. The number of hydrogen-bond acceptors (Lipinski definition) is 2. The topological polar surface area (TPSA) is 46.9 Å². The van der Waals surface area contributed by atoms with Crippen LogP contribution in [0.25, 0.3) is 0 Å². The lowest BCUT2D eigenvalue weighted by Crippen LogP contribution is -2.14. The van der Waals surface area contributed by atoms with Crippen LogP contribution in [0.5, 0.6) is 0 Å². The summed E-state index contributed by atoms with van der Waals surface area (Å²) in [6, 6.07) is 7.84. The van der Waals surface area contributed by atoms with Gasteiger partial charge in [0.1, 0.15) is 5.15 Å². The van der Waals surface area contributed by atoms with Crippen LogP contribution < -0.4 is 5.32 Å². The van der Waals surface area contributed by atoms with Crippen molar-refractivity contribution in [3.05, 3.63) is 46.2 Å². The second kappa shape index (κ2) is 5.53. The third kappa shape index (κ3) is 3.27. The van der Waals surface area contributed by atoms with E-state index in [-0.39, 0.29) is 11.3 Å². The molecule has 0 aliphatic heterocycles. The minimum Gasteiger partial charge on any atom is -0.322 e. The number of aryl methyl sites for hydroxylation is 2.